The van der Waals surface area contributed by atoms with E-state index in [1.165, 1.54) is 0 Å². The minimum atomic E-state index is -0.590. The average Bonchev–Trinajstić information content (AvgIpc) is 3.05. The van der Waals surface area contributed by atoms with Crippen LogP contribution in [-0.2, 0) is 6.42 Å². The zero-order chi connectivity index (χ0) is 17.3. The van der Waals surface area contributed by atoms with Gasteiger partial charge in [0, 0.05) is 24.4 Å². The van der Waals surface area contributed by atoms with Gasteiger partial charge < -0.3 is 20.3 Å². The van der Waals surface area contributed by atoms with Gasteiger partial charge in [-0.05, 0) is 25.0 Å². The summed E-state index contributed by atoms with van der Waals surface area (Å²) < 4.78 is 5.17. The number of carbonyl (C=O) groups excluding carboxylic acids is 1. The molecule has 1 aliphatic carbocycles. The van der Waals surface area contributed by atoms with Crippen molar-refractivity contribution in [2.45, 2.75) is 45.3 Å². The lowest BCUT2D eigenvalue weighted by molar-refractivity contribution is 0.142. The van der Waals surface area contributed by atoms with Gasteiger partial charge in [0.2, 0.25) is 0 Å². The largest absolute Gasteiger partial charge is 0.390 e. The second kappa shape index (κ2) is 6.65. The van der Waals surface area contributed by atoms with Crippen molar-refractivity contribution in [3.05, 3.63) is 52.4 Å². The van der Waals surface area contributed by atoms with Gasteiger partial charge in [0.15, 0.2) is 0 Å². The number of fused-ring (bicyclic) bond motifs is 1. The Bertz CT molecular complexity index is 721. The fourth-order valence-electron chi connectivity index (χ4n) is 3.48. The molecule has 0 spiro atoms. The Labute approximate surface area is 141 Å². The van der Waals surface area contributed by atoms with E-state index in [-0.39, 0.29) is 18.0 Å². The van der Waals surface area contributed by atoms with Crippen LogP contribution in [0.4, 0.5) is 4.79 Å². The second-order valence-electron chi connectivity index (χ2n) is 6.44. The van der Waals surface area contributed by atoms with Crippen LogP contribution >= 0.6 is 0 Å². The summed E-state index contributed by atoms with van der Waals surface area (Å²) in [6.45, 7) is 6.26. The molecule has 3 rings (SSSR count). The maximum Gasteiger partial charge on any atom is 0.315 e. The summed E-state index contributed by atoms with van der Waals surface area (Å²) in [5.74, 6) is 0.880. The number of benzene rings is 1. The molecule has 0 fully saturated rings. The number of aromatic nitrogens is 1. The maximum absolute atomic E-state index is 12.2. The summed E-state index contributed by atoms with van der Waals surface area (Å²) in [6, 6.07) is 7.15. The van der Waals surface area contributed by atoms with Crippen LogP contribution in [0.25, 0.3) is 0 Å². The summed E-state index contributed by atoms with van der Waals surface area (Å²) in [5.41, 5.74) is 3.95. The van der Waals surface area contributed by atoms with Crippen LogP contribution < -0.4 is 10.6 Å². The number of rotatable bonds is 4. The molecule has 128 valence electrons. The van der Waals surface area contributed by atoms with Gasteiger partial charge >= 0.3 is 6.03 Å². The molecule has 1 aliphatic rings. The van der Waals surface area contributed by atoms with Gasteiger partial charge in [-0.25, -0.2) is 4.79 Å². The molecule has 0 aliphatic heterocycles. The second-order valence-corrected chi connectivity index (χ2v) is 6.44. The first-order chi connectivity index (χ1) is 11.5. The summed E-state index contributed by atoms with van der Waals surface area (Å²) in [4.78, 5) is 12.2. The number of hydrogen-bond acceptors (Lipinski definition) is 4. The lowest BCUT2D eigenvalue weighted by Gasteiger charge is -2.19. The van der Waals surface area contributed by atoms with Gasteiger partial charge in [0.25, 0.3) is 0 Å². The standard InChI is InChI=1S/C18H23N3O3/c1-10(16-11(2)21-24-12(16)3)9-19-18(23)20-17-14-7-5-4-6-13(14)8-15(17)22/h4-7,10,15,17,22H,8-9H2,1-3H3,(H2,19,20,23)/t10-,15+,17+/m1/s1. The third-order valence-electron chi connectivity index (χ3n) is 4.64. The molecule has 0 unspecified atom stereocenters. The predicted molar refractivity (Wildman–Crippen MR) is 89.8 cm³/mol. The molecule has 0 radical (unpaired) electrons. The van der Waals surface area contributed by atoms with Crippen LogP contribution in [0.1, 0.15) is 47.0 Å². The van der Waals surface area contributed by atoms with Gasteiger partial charge in [0.1, 0.15) is 5.76 Å². The van der Waals surface area contributed by atoms with Crippen molar-refractivity contribution in [3.63, 3.8) is 0 Å². The molecule has 0 bridgehead atoms. The van der Waals surface area contributed by atoms with E-state index in [4.69, 9.17) is 4.52 Å². The first kappa shape index (κ1) is 16.5. The van der Waals surface area contributed by atoms with Crippen LogP contribution in [0.5, 0.6) is 0 Å². The Morgan fingerprint density at radius 3 is 2.88 bits per heavy atom. The molecule has 24 heavy (non-hydrogen) atoms. The summed E-state index contributed by atoms with van der Waals surface area (Å²) >= 11 is 0. The van der Waals surface area contributed by atoms with Crippen molar-refractivity contribution in [2.75, 3.05) is 6.54 Å². The minimum Gasteiger partial charge on any atom is -0.390 e. The number of hydrogen-bond donors (Lipinski definition) is 3. The van der Waals surface area contributed by atoms with Crippen LogP contribution in [0.3, 0.4) is 0 Å². The number of urea groups is 1. The molecule has 0 saturated heterocycles. The van der Waals surface area contributed by atoms with E-state index in [0.717, 1.165) is 28.1 Å². The summed E-state index contributed by atoms with van der Waals surface area (Å²) in [6.07, 6.45) is -0.0236. The van der Waals surface area contributed by atoms with Crippen molar-refractivity contribution in [3.8, 4) is 0 Å². The van der Waals surface area contributed by atoms with Crippen molar-refractivity contribution in [2.24, 2.45) is 0 Å². The molecule has 6 nitrogen and oxygen atoms in total. The van der Waals surface area contributed by atoms with Crippen LogP contribution in [-0.4, -0.2) is 28.9 Å². The molecular weight excluding hydrogens is 306 g/mol. The Balaban J connectivity index is 1.59. The first-order valence-electron chi connectivity index (χ1n) is 8.20. The van der Waals surface area contributed by atoms with Gasteiger partial charge in [0.05, 0.1) is 17.8 Å². The van der Waals surface area contributed by atoms with Crippen molar-refractivity contribution in [1.29, 1.82) is 0 Å². The van der Waals surface area contributed by atoms with Gasteiger partial charge in [-0.2, -0.15) is 0 Å². The van der Waals surface area contributed by atoms with E-state index in [1.54, 1.807) is 0 Å². The molecule has 3 atom stereocenters. The van der Waals surface area contributed by atoms with E-state index in [2.05, 4.69) is 15.8 Å². The molecule has 6 heteroatoms. The van der Waals surface area contributed by atoms with Crippen LogP contribution in [0.2, 0.25) is 0 Å². The Morgan fingerprint density at radius 1 is 1.42 bits per heavy atom. The zero-order valence-electron chi connectivity index (χ0n) is 14.2. The number of aryl methyl sites for hydroxylation is 2. The van der Waals surface area contributed by atoms with Gasteiger partial charge in [-0.3, -0.25) is 0 Å². The van der Waals surface area contributed by atoms with Crippen molar-refractivity contribution in [1.82, 2.24) is 15.8 Å². The molecule has 3 N–H and O–H groups in total. The molecule has 2 aromatic rings. The number of aliphatic hydroxyl groups is 1. The van der Waals surface area contributed by atoms with E-state index in [9.17, 15) is 9.90 Å². The highest BCUT2D eigenvalue weighted by Crippen LogP contribution is 2.31. The minimum absolute atomic E-state index is 0.0998. The van der Waals surface area contributed by atoms with E-state index in [0.29, 0.717) is 13.0 Å². The van der Waals surface area contributed by atoms with Gasteiger partial charge in [-0.1, -0.05) is 36.3 Å². The lowest BCUT2D eigenvalue weighted by Crippen LogP contribution is -2.42. The fourth-order valence-corrected chi connectivity index (χ4v) is 3.48. The Kier molecular flexibility index (Phi) is 4.57. The Hall–Kier alpha value is -2.34. The highest BCUT2D eigenvalue weighted by atomic mass is 16.5. The third-order valence-corrected chi connectivity index (χ3v) is 4.64. The highest BCUT2D eigenvalue weighted by Gasteiger charge is 2.31. The molecule has 0 saturated carbocycles. The smallest absolute Gasteiger partial charge is 0.315 e. The number of aliphatic hydroxyl groups excluding tert-OH is 1. The molecular formula is C18H23N3O3. The summed E-state index contributed by atoms with van der Waals surface area (Å²) in [7, 11) is 0. The maximum atomic E-state index is 12.2. The topological polar surface area (TPSA) is 87.4 Å². The van der Waals surface area contributed by atoms with Crippen LogP contribution in [0.15, 0.2) is 28.8 Å². The van der Waals surface area contributed by atoms with E-state index >= 15 is 0 Å². The molecule has 1 aromatic carbocycles. The highest BCUT2D eigenvalue weighted by molar-refractivity contribution is 5.75. The van der Waals surface area contributed by atoms with E-state index < -0.39 is 6.10 Å². The average molecular weight is 329 g/mol. The SMILES string of the molecule is Cc1noc(C)c1[C@H](C)CNC(=O)N[C@H]1c2ccccc2C[C@@H]1O. The molecule has 2 amide bonds. The van der Waals surface area contributed by atoms with E-state index in [1.807, 2.05) is 45.0 Å². The fraction of sp³-hybridized carbons (Fsp3) is 0.444. The quantitative estimate of drug-likeness (QED) is 0.803. The van der Waals surface area contributed by atoms with Crippen molar-refractivity contribution < 1.29 is 14.4 Å². The monoisotopic (exact) mass is 329 g/mol. The summed E-state index contributed by atoms with van der Waals surface area (Å²) in [5, 5.41) is 19.9. The number of nitrogens with one attached hydrogen (secondary N) is 2. The number of nitrogens with zero attached hydrogens (tertiary/aromatic N) is 1. The zero-order valence-corrected chi connectivity index (χ0v) is 14.2. The lowest BCUT2D eigenvalue weighted by atomic mass is 10.00. The van der Waals surface area contributed by atoms with Gasteiger partial charge in [-0.15, -0.1) is 0 Å². The van der Waals surface area contributed by atoms with Crippen molar-refractivity contribution >= 4 is 6.03 Å². The Morgan fingerprint density at radius 2 is 2.17 bits per heavy atom. The predicted octanol–water partition coefficient (Wildman–Crippen LogP) is 2.35. The third kappa shape index (κ3) is 3.14. The van der Waals surface area contributed by atoms with Crippen LogP contribution in [0, 0.1) is 13.8 Å². The molecule has 1 aromatic heterocycles. The molecule has 1 heterocycles. The first-order valence-corrected chi connectivity index (χ1v) is 8.20. The number of amides is 2. The normalized spacial score (nSPS) is 20.5. The number of carbonyl (C=O) groups is 1.